The highest BCUT2D eigenvalue weighted by molar-refractivity contribution is 7.99. The molecule has 5 rings (SSSR count). The van der Waals surface area contributed by atoms with Gasteiger partial charge >= 0.3 is 0 Å². The summed E-state index contributed by atoms with van der Waals surface area (Å²) < 4.78 is 13.6. The lowest BCUT2D eigenvalue weighted by atomic mass is 10.0. The molecule has 1 fully saturated rings. The number of rotatable bonds is 5. The maximum atomic E-state index is 13.2. The lowest BCUT2D eigenvalue weighted by Crippen LogP contribution is -2.32. The van der Waals surface area contributed by atoms with Gasteiger partial charge in [0.25, 0.3) is 0 Å². The predicted molar refractivity (Wildman–Crippen MR) is 123 cm³/mol. The van der Waals surface area contributed by atoms with Gasteiger partial charge in [-0.15, -0.1) is 10.2 Å². The van der Waals surface area contributed by atoms with Crippen molar-refractivity contribution in [2.75, 3.05) is 25.5 Å². The van der Waals surface area contributed by atoms with Gasteiger partial charge in [0.1, 0.15) is 6.33 Å². The zero-order valence-electron chi connectivity index (χ0n) is 18.1. The molecule has 0 spiro atoms. The number of hydrogen-bond acceptors (Lipinski definition) is 6. The minimum Gasteiger partial charge on any atom is -0.490 e. The fourth-order valence-electron chi connectivity index (χ4n) is 4.33. The van der Waals surface area contributed by atoms with Crippen molar-refractivity contribution in [3.63, 3.8) is 0 Å². The first-order chi connectivity index (χ1) is 15.7. The molecule has 2 aromatic carbocycles. The molecule has 0 saturated carbocycles. The van der Waals surface area contributed by atoms with Crippen LogP contribution in [0.25, 0.3) is 5.69 Å². The normalized spacial score (nSPS) is 17.9. The van der Waals surface area contributed by atoms with Crippen LogP contribution in [0.15, 0.2) is 53.9 Å². The largest absolute Gasteiger partial charge is 0.490 e. The molecule has 3 aromatic rings. The molecular formula is C24H26N4O3S. The first kappa shape index (κ1) is 20.9. The van der Waals surface area contributed by atoms with E-state index in [0.717, 1.165) is 59.3 Å². The number of thioether (sulfide) groups is 1. The standard InChI is InChI=1S/C24H26N4O3S/c1-17-6-2-3-7-19(17)28-16-25-26-24(28)32-15-23(29)27-11-4-8-20(27)18-9-10-21-22(14-18)31-13-5-12-30-21/h2-3,6-7,9-10,14,16,20H,4-5,8,11-13,15H2,1H3/t20-/m0/s1. The van der Waals surface area contributed by atoms with E-state index < -0.39 is 0 Å². The number of likely N-dealkylation sites (tertiary alicyclic amines) is 1. The fourth-order valence-corrected chi connectivity index (χ4v) is 5.14. The van der Waals surface area contributed by atoms with Gasteiger partial charge in [0, 0.05) is 13.0 Å². The molecule has 1 atom stereocenters. The Morgan fingerprint density at radius 1 is 1.12 bits per heavy atom. The van der Waals surface area contributed by atoms with Crippen LogP contribution in [-0.4, -0.2) is 51.1 Å². The van der Waals surface area contributed by atoms with Gasteiger partial charge in [0.2, 0.25) is 5.91 Å². The maximum Gasteiger partial charge on any atom is 0.233 e. The highest BCUT2D eigenvalue weighted by Crippen LogP contribution is 2.38. The Labute approximate surface area is 191 Å². The lowest BCUT2D eigenvalue weighted by Gasteiger charge is -2.25. The van der Waals surface area contributed by atoms with E-state index in [1.807, 2.05) is 39.8 Å². The number of fused-ring (bicyclic) bond motifs is 1. The minimum absolute atomic E-state index is 0.0643. The molecule has 7 nitrogen and oxygen atoms in total. The van der Waals surface area contributed by atoms with Gasteiger partial charge in [0.15, 0.2) is 16.7 Å². The molecule has 1 aromatic heterocycles. The molecule has 0 N–H and O–H groups in total. The van der Waals surface area contributed by atoms with Crippen molar-refractivity contribution >= 4 is 17.7 Å². The van der Waals surface area contributed by atoms with Gasteiger partial charge in [-0.3, -0.25) is 9.36 Å². The third kappa shape index (κ3) is 4.19. The van der Waals surface area contributed by atoms with Crippen LogP contribution in [0.2, 0.25) is 0 Å². The number of aryl methyl sites for hydroxylation is 1. The van der Waals surface area contributed by atoms with E-state index in [-0.39, 0.29) is 11.9 Å². The maximum absolute atomic E-state index is 13.2. The Kier molecular flexibility index (Phi) is 6.03. The summed E-state index contributed by atoms with van der Waals surface area (Å²) in [6.45, 7) is 4.15. The van der Waals surface area contributed by atoms with E-state index in [4.69, 9.17) is 9.47 Å². The van der Waals surface area contributed by atoms with Gasteiger partial charge in [-0.1, -0.05) is 36.0 Å². The molecule has 0 unspecified atom stereocenters. The van der Waals surface area contributed by atoms with E-state index in [9.17, 15) is 4.79 Å². The van der Waals surface area contributed by atoms with Gasteiger partial charge in [0.05, 0.1) is 30.7 Å². The Morgan fingerprint density at radius 3 is 2.84 bits per heavy atom. The van der Waals surface area contributed by atoms with Gasteiger partial charge in [-0.2, -0.15) is 0 Å². The molecule has 0 aliphatic carbocycles. The Hall–Kier alpha value is -3.00. The molecule has 1 saturated heterocycles. The summed E-state index contributed by atoms with van der Waals surface area (Å²) >= 11 is 1.43. The summed E-state index contributed by atoms with van der Waals surface area (Å²) in [5.74, 6) is 2.00. The number of carbonyl (C=O) groups is 1. The lowest BCUT2D eigenvalue weighted by molar-refractivity contribution is -0.129. The number of carbonyl (C=O) groups excluding carboxylic acids is 1. The molecular weight excluding hydrogens is 424 g/mol. The zero-order chi connectivity index (χ0) is 21.9. The number of ether oxygens (including phenoxy) is 2. The van der Waals surface area contributed by atoms with Crippen LogP contribution >= 0.6 is 11.8 Å². The van der Waals surface area contributed by atoms with Crippen molar-refractivity contribution in [1.82, 2.24) is 19.7 Å². The smallest absolute Gasteiger partial charge is 0.233 e. The number of benzene rings is 2. The summed E-state index contributed by atoms with van der Waals surface area (Å²) in [5, 5.41) is 9.03. The fraction of sp³-hybridized carbons (Fsp3) is 0.375. The second-order valence-corrected chi connectivity index (χ2v) is 9.00. The van der Waals surface area contributed by atoms with E-state index in [1.54, 1.807) is 6.33 Å². The van der Waals surface area contributed by atoms with Gasteiger partial charge in [-0.25, -0.2) is 0 Å². The number of para-hydroxylation sites is 1. The quantitative estimate of drug-likeness (QED) is 0.543. The van der Waals surface area contributed by atoms with Crippen LogP contribution in [0.4, 0.5) is 0 Å². The molecule has 3 heterocycles. The molecule has 2 aliphatic rings. The molecule has 2 aliphatic heterocycles. The highest BCUT2D eigenvalue weighted by Gasteiger charge is 2.31. The topological polar surface area (TPSA) is 69.5 Å². The Bertz CT molecular complexity index is 1120. The van der Waals surface area contributed by atoms with E-state index in [0.29, 0.717) is 19.0 Å². The van der Waals surface area contributed by atoms with Crippen LogP contribution in [0.3, 0.4) is 0 Å². The molecule has 8 heteroatoms. The van der Waals surface area contributed by atoms with E-state index >= 15 is 0 Å². The molecule has 0 radical (unpaired) electrons. The van der Waals surface area contributed by atoms with Gasteiger partial charge in [-0.05, 0) is 49.1 Å². The third-order valence-electron chi connectivity index (χ3n) is 5.95. The van der Waals surface area contributed by atoms with Crippen LogP contribution in [0.5, 0.6) is 11.5 Å². The summed E-state index contributed by atoms with van der Waals surface area (Å²) in [4.78, 5) is 15.2. The zero-order valence-corrected chi connectivity index (χ0v) is 18.9. The van der Waals surface area contributed by atoms with Crippen molar-refractivity contribution in [3.05, 3.63) is 59.9 Å². The van der Waals surface area contributed by atoms with Crippen LogP contribution in [-0.2, 0) is 4.79 Å². The summed E-state index contributed by atoms with van der Waals surface area (Å²) in [6.07, 6.45) is 4.53. The molecule has 32 heavy (non-hydrogen) atoms. The number of hydrogen-bond donors (Lipinski definition) is 0. The SMILES string of the molecule is Cc1ccccc1-n1cnnc1SCC(=O)N1CCC[C@H]1c1ccc2c(c1)OCCCO2. The van der Waals surface area contributed by atoms with Crippen molar-refractivity contribution in [2.45, 2.75) is 37.4 Å². The summed E-state index contributed by atoms with van der Waals surface area (Å²) in [6, 6.07) is 14.2. The Morgan fingerprint density at radius 2 is 1.97 bits per heavy atom. The van der Waals surface area contributed by atoms with Crippen molar-refractivity contribution in [3.8, 4) is 17.2 Å². The molecule has 0 bridgehead atoms. The summed E-state index contributed by atoms with van der Waals surface area (Å²) in [5.41, 5.74) is 3.27. The second kappa shape index (κ2) is 9.24. The number of nitrogens with zero attached hydrogens (tertiary/aromatic N) is 4. The monoisotopic (exact) mass is 450 g/mol. The van der Waals surface area contributed by atoms with Crippen molar-refractivity contribution in [1.29, 1.82) is 0 Å². The first-order valence-corrected chi connectivity index (χ1v) is 12.0. The third-order valence-corrected chi connectivity index (χ3v) is 6.87. The second-order valence-electron chi connectivity index (χ2n) is 8.06. The Balaban J connectivity index is 1.29. The minimum atomic E-state index is 0.0643. The first-order valence-electron chi connectivity index (χ1n) is 11.0. The predicted octanol–water partition coefficient (Wildman–Crippen LogP) is 4.19. The van der Waals surface area contributed by atoms with Crippen molar-refractivity contribution < 1.29 is 14.3 Å². The number of amides is 1. The van der Waals surface area contributed by atoms with Gasteiger partial charge < -0.3 is 14.4 Å². The average Bonchev–Trinajstić information content (AvgIpc) is 3.42. The van der Waals surface area contributed by atoms with Crippen LogP contribution in [0, 0.1) is 6.92 Å². The average molecular weight is 451 g/mol. The number of aromatic nitrogens is 3. The van der Waals surface area contributed by atoms with Crippen LogP contribution in [0.1, 0.15) is 36.4 Å². The van der Waals surface area contributed by atoms with E-state index in [2.05, 4.69) is 29.3 Å². The van der Waals surface area contributed by atoms with Crippen LogP contribution < -0.4 is 9.47 Å². The van der Waals surface area contributed by atoms with E-state index in [1.165, 1.54) is 11.8 Å². The summed E-state index contributed by atoms with van der Waals surface area (Å²) in [7, 11) is 0. The molecule has 166 valence electrons. The molecule has 1 amide bonds. The highest BCUT2D eigenvalue weighted by atomic mass is 32.2. The van der Waals surface area contributed by atoms with Crippen molar-refractivity contribution in [2.24, 2.45) is 0 Å².